The number of benzene rings is 1. The van der Waals surface area contributed by atoms with E-state index in [9.17, 15) is 4.79 Å². The van der Waals surface area contributed by atoms with Crippen LogP contribution in [0.1, 0.15) is 33.3 Å². The van der Waals surface area contributed by atoms with E-state index in [1.54, 1.807) is 0 Å². The van der Waals surface area contributed by atoms with E-state index in [0.29, 0.717) is 12.6 Å². The molecule has 1 aromatic carbocycles. The summed E-state index contributed by atoms with van der Waals surface area (Å²) in [6, 6.07) is 8.37. The Kier molecular flexibility index (Phi) is 5.49. The van der Waals surface area contributed by atoms with E-state index in [1.165, 1.54) is 0 Å². The fraction of sp³-hybridized carbons (Fsp3) is 0.500. The van der Waals surface area contributed by atoms with Crippen LogP contribution in [0, 0.1) is 0 Å². The molecule has 0 aromatic heterocycles. The first-order valence-electron chi connectivity index (χ1n) is 6.26. The zero-order valence-corrected chi connectivity index (χ0v) is 11.5. The summed E-state index contributed by atoms with van der Waals surface area (Å²) in [6.45, 7) is 8.27. The molecule has 0 aliphatic rings. The van der Waals surface area contributed by atoms with Crippen LogP contribution in [0.2, 0.25) is 0 Å². The Morgan fingerprint density at radius 2 is 1.72 bits per heavy atom. The van der Waals surface area contributed by atoms with Crippen molar-refractivity contribution in [2.45, 2.75) is 46.4 Å². The van der Waals surface area contributed by atoms with Crippen molar-refractivity contribution in [1.29, 1.82) is 0 Å². The summed E-state index contributed by atoms with van der Waals surface area (Å²) in [5.74, 6) is 0. The van der Waals surface area contributed by atoms with E-state index in [4.69, 9.17) is 4.74 Å². The van der Waals surface area contributed by atoms with Crippen LogP contribution in [-0.2, 0) is 11.3 Å². The number of anilines is 1. The molecule has 0 fully saturated rings. The first-order chi connectivity index (χ1) is 8.47. The van der Waals surface area contributed by atoms with Gasteiger partial charge in [-0.1, -0.05) is 12.1 Å². The van der Waals surface area contributed by atoms with Crippen molar-refractivity contribution < 1.29 is 9.53 Å². The summed E-state index contributed by atoms with van der Waals surface area (Å²) in [6.07, 6.45) is -0.380. The summed E-state index contributed by atoms with van der Waals surface area (Å²) in [5.41, 5.74) is 2.04. The van der Waals surface area contributed by atoms with Gasteiger partial charge < -0.3 is 15.4 Å². The Labute approximate surface area is 109 Å². The number of alkyl carbamates (subject to hydrolysis) is 1. The van der Waals surface area contributed by atoms with Crippen molar-refractivity contribution in [3.63, 3.8) is 0 Å². The number of carbonyl (C=O) groups is 1. The third-order valence-corrected chi connectivity index (χ3v) is 2.19. The van der Waals surface area contributed by atoms with Gasteiger partial charge in [-0.2, -0.15) is 0 Å². The van der Waals surface area contributed by atoms with Crippen LogP contribution >= 0.6 is 0 Å². The molecule has 100 valence electrons. The van der Waals surface area contributed by atoms with Gasteiger partial charge in [0.05, 0.1) is 0 Å². The van der Waals surface area contributed by atoms with Crippen molar-refractivity contribution in [3.05, 3.63) is 29.8 Å². The first-order valence-corrected chi connectivity index (χ1v) is 6.26. The zero-order chi connectivity index (χ0) is 13.5. The molecule has 0 heterocycles. The highest BCUT2D eigenvalue weighted by Crippen LogP contribution is 2.11. The summed E-state index contributed by atoms with van der Waals surface area (Å²) in [7, 11) is 0. The highest BCUT2D eigenvalue weighted by Gasteiger charge is 2.04. The van der Waals surface area contributed by atoms with Gasteiger partial charge in [0.15, 0.2) is 0 Å². The molecule has 0 saturated carbocycles. The molecule has 0 radical (unpaired) electrons. The van der Waals surface area contributed by atoms with Gasteiger partial charge in [-0.05, 0) is 45.4 Å². The standard InChI is InChI=1S/C14H22N2O2/c1-10(2)15-13-7-5-12(6-8-13)9-18-14(17)16-11(3)4/h5-8,10-11,15H,9H2,1-4H3,(H,16,17). The molecule has 2 N–H and O–H groups in total. The topological polar surface area (TPSA) is 50.4 Å². The van der Waals surface area contributed by atoms with E-state index in [2.05, 4.69) is 24.5 Å². The second-order valence-corrected chi connectivity index (χ2v) is 4.87. The van der Waals surface area contributed by atoms with E-state index < -0.39 is 0 Å². The molecule has 18 heavy (non-hydrogen) atoms. The predicted octanol–water partition coefficient (Wildman–Crippen LogP) is 3.14. The van der Waals surface area contributed by atoms with Crippen LogP contribution in [0.25, 0.3) is 0 Å². The number of carbonyl (C=O) groups excluding carboxylic acids is 1. The van der Waals surface area contributed by atoms with Gasteiger partial charge in [0.2, 0.25) is 0 Å². The molecule has 1 amide bonds. The third kappa shape index (κ3) is 5.57. The van der Waals surface area contributed by atoms with Crippen molar-refractivity contribution >= 4 is 11.8 Å². The average molecular weight is 250 g/mol. The lowest BCUT2D eigenvalue weighted by atomic mass is 10.2. The van der Waals surface area contributed by atoms with Gasteiger partial charge in [-0.15, -0.1) is 0 Å². The summed E-state index contributed by atoms with van der Waals surface area (Å²) < 4.78 is 5.09. The Hall–Kier alpha value is -1.71. The van der Waals surface area contributed by atoms with Crippen LogP contribution in [-0.4, -0.2) is 18.2 Å². The van der Waals surface area contributed by atoms with Crippen molar-refractivity contribution in [2.24, 2.45) is 0 Å². The van der Waals surface area contributed by atoms with Crippen molar-refractivity contribution in [1.82, 2.24) is 5.32 Å². The minimum atomic E-state index is -0.380. The quantitative estimate of drug-likeness (QED) is 0.844. The summed E-state index contributed by atoms with van der Waals surface area (Å²) in [4.78, 5) is 11.3. The molecule has 0 bridgehead atoms. The van der Waals surface area contributed by atoms with E-state index in [-0.39, 0.29) is 12.1 Å². The monoisotopic (exact) mass is 250 g/mol. The highest BCUT2D eigenvalue weighted by molar-refractivity contribution is 5.67. The number of hydrogen-bond acceptors (Lipinski definition) is 3. The van der Waals surface area contributed by atoms with Crippen LogP contribution in [0.3, 0.4) is 0 Å². The lowest BCUT2D eigenvalue weighted by molar-refractivity contribution is 0.137. The molecule has 4 heteroatoms. The van der Waals surface area contributed by atoms with E-state index in [1.807, 2.05) is 38.1 Å². The second kappa shape index (κ2) is 6.89. The maximum absolute atomic E-state index is 11.3. The maximum Gasteiger partial charge on any atom is 0.407 e. The molecular formula is C14H22N2O2. The summed E-state index contributed by atoms with van der Waals surface area (Å²) >= 11 is 0. The predicted molar refractivity (Wildman–Crippen MR) is 73.7 cm³/mol. The van der Waals surface area contributed by atoms with Crippen LogP contribution < -0.4 is 10.6 Å². The van der Waals surface area contributed by atoms with Crippen molar-refractivity contribution in [2.75, 3.05) is 5.32 Å². The average Bonchev–Trinajstić information content (AvgIpc) is 2.26. The Morgan fingerprint density at radius 1 is 1.11 bits per heavy atom. The fourth-order valence-electron chi connectivity index (χ4n) is 1.46. The van der Waals surface area contributed by atoms with E-state index >= 15 is 0 Å². The molecule has 0 saturated heterocycles. The molecule has 0 atom stereocenters. The van der Waals surface area contributed by atoms with Gasteiger partial charge >= 0.3 is 6.09 Å². The smallest absolute Gasteiger partial charge is 0.407 e. The molecule has 0 spiro atoms. The van der Waals surface area contributed by atoms with Crippen molar-refractivity contribution in [3.8, 4) is 0 Å². The number of ether oxygens (including phenoxy) is 1. The Bertz CT molecular complexity index is 372. The third-order valence-electron chi connectivity index (χ3n) is 2.19. The number of amides is 1. The second-order valence-electron chi connectivity index (χ2n) is 4.87. The zero-order valence-electron chi connectivity index (χ0n) is 11.5. The number of hydrogen-bond donors (Lipinski definition) is 2. The molecular weight excluding hydrogens is 228 g/mol. The highest BCUT2D eigenvalue weighted by atomic mass is 16.5. The molecule has 0 aliphatic carbocycles. The van der Waals surface area contributed by atoms with Gasteiger partial charge in [0.1, 0.15) is 6.61 Å². The molecule has 1 aromatic rings. The number of rotatable bonds is 5. The van der Waals surface area contributed by atoms with Crippen LogP contribution in [0.5, 0.6) is 0 Å². The first kappa shape index (κ1) is 14.4. The summed E-state index contributed by atoms with van der Waals surface area (Å²) in [5, 5.41) is 5.98. The van der Waals surface area contributed by atoms with Gasteiger partial charge in [-0.3, -0.25) is 0 Å². The minimum absolute atomic E-state index is 0.0927. The van der Waals surface area contributed by atoms with Gasteiger partial charge in [0, 0.05) is 17.8 Å². The maximum atomic E-state index is 11.3. The molecule has 0 unspecified atom stereocenters. The SMILES string of the molecule is CC(C)NC(=O)OCc1ccc(NC(C)C)cc1. The van der Waals surface area contributed by atoms with E-state index in [0.717, 1.165) is 11.3 Å². The Balaban J connectivity index is 2.41. The molecule has 1 rings (SSSR count). The van der Waals surface area contributed by atoms with Crippen LogP contribution in [0.15, 0.2) is 24.3 Å². The largest absolute Gasteiger partial charge is 0.445 e. The van der Waals surface area contributed by atoms with Crippen LogP contribution in [0.4, 0.5) is 10.5 Å². The Morgan fingerprint density at radius 3 is 2.22 bits per heavy atom. The van der Waals surface area contributed by atoms with Gasteiger partial charge in [0.25, 0.3) is 0 Å². The molecule has 4 nitrogen and oxygen atoms in total. The molecule has 0 aliphatic heterocycles. The lowest BCUT2D eigenvalue weighted by Gasteiger charge is -2.11. The minimum Gasteiger partial charge on any atom is -0.445 e. The normalized spacial score (nSPS) is 10.6. The van der Waals surface area contributed by atoms with Gasteiger partial charge in [-0.25, -0.2) is 4.79 Å². The lowest BCUT2D eigenvalue weighted by Crippen LogP contribution is -2.30. The number of nitrogens with one attached hydrogen (secondary N) is 2. The fourth-order valence-corrected chi connectivity index (χ4v) is 1.46.